The lowest BCUT2D eigenvalue weighted by molar-refractivity contribution is -0.149. The Labute approximate surface area is 289 Å². The van der Waals surface area contributed by atoms with Crippen LogP contribution in [0.2, 0.25) is 0 Å². The van der Waals surface area contributed by atoms with Gasteiger partial charge >= 0.3 is 12.1 Å². The number of amides is 2. The Morgan fingerprint density at radius 1 is 0.898 bits per heavy atom. The Balaban J connectivity index is 1.39. The maximum atomic E-state index is 14.7. The number of nitrogens with zero attached hydrogens (tertiary/aromatic N) is 1. The molecule has 0 spiro atoms. The first-order valence-corrected chi connectivity index (χ1v) is 17.9. The highest BCUT2D eigenvalue weighted by Crippen LogP contribution is 2.46. The predicted octanol–water partition coefficient (Wildman–Crippen LogP) is 8.82. The van der Waals surface area contributed by atoms with Crippen molar-refractivity contribution in [2.45, 2.75) is 103 Å². The van der Waals surface area contributed by atoms with Crippen molar-refractivity contribution in [3.63, 3.8) is 0 Å². The summed E-state index contributed by atoms with van der Waals surface area (Å²) in [5.41, 5.74) is 4.91. The van der Waals surface area contributed by atoms with Crippen LogP contribution in [-0.2, 0) is 25.5 Å². The van der Waals surface area contributed by atoms with Gasteiger partial charge < -0.3 is 19.8 Å². The lowest BCUT2D eigenvalue weighted by atomic mass is 9.78. The van der Waals surface area contributed by atoms with Crippen molar-refractivity contribution in [3.8, 4) is 11.1 Å². The fourth-order valence-corrected chi connectivity index (χ4v) is 7.42. The van der Waals surface area contributed by atoms with E-state index in [1.165, 1.54) is 0 Å². The molecule has 2 N–H and O–H groups in total. The molecule has 0 saturated heterocycles. The second-order valence-corrected chi connectivity index (χ2v) is 14.5. The molecule has 0 bridgehead atoms. The highest BCUT2D eigenvalue weighted by Gasteiger charge is 2.48. The van der Waals surface area contributed by atoms with Crippen molar-refractivity contribution in [1.82, 2.24) is 15.2 Å². The summed E-state index contributed by atoms with van der Waals surface area (Å²) in [5, 5.41) is 4.11. The first kappa shape index (κ1) is 34.3. The number of aromatic nitrogens is 1. The Hall–Kier alpha value is -4.59. The Morgan fingerprint density at radius 3 is 2.27 bits per heavy atom. The molecule has 2 heterocycles. The SMILES string of the molecule is CCCCOC(=O)C(NC(=O)[C@H]1Cc2c([nH]c3ccccc23)[C@H](C2CCCCC2)N1C(=O)OC(C)(C)C)c1ccc(-c2ccccc2)cc1. The number of H-pyrrole nitrogens is 1. The van der Waals surface area contributed by atoms with Crippen LogP contribution in [0.1, 0.15) is 102 Å². The van der Waals surface area contributed by atoms with Gasteiger partial charge in [0.05, 0.1) is 12.6 Å². The quantitative estimate of drug-likeness (QED) is 0.138. The first-order valence-electron chi connectivity index (χ1n) is 17.9. The molecule has 1 saturated carbocycles. The summed E-state index contributed by atoms with van der Waals surface area (Å²) < 4.78 is 11.7. The average molecular weight is 664 g/mol. The Bertz CT molecular complexity index is 1750. The molecule has 1 aromatic heterocycles. The summed E-state index contributed by atoms with van der Waals surface area (Å²) in [6.07, 6.45) is 6.56. The molecule has 1 fully saturated rings. The van der Waals surface area contributed by atoms with Gasteiger partial charge in [0.1, 0.15) is 11.6 Å². The number of fused-ring (bicyclic) bond motifs is 3. The molecule has 3 aromatic carbocycles. The van der Waals surface area contributed by atoms with Crippen molar-refractivity contribution in [1.29, 1.82) is 0 Å². The van der Waals surface area contributed by atoms with Crippen LogP contribution in [0.25, 0.3) is 22.0 Å². The molecule has 258 valence electrons. The third-order valence-electron chi connectivity index (χ3n) is 9.79. The number of aromatic amines is 1. The highest BCUT2D eigenvalue weighted by molar-refractivity contribution is 5.93. The number of hydrogen-bond donors (Lipinski definition) is 2. The number of rotatable bonds is 9. The number of unbranched alkanes of at least 4 members (excludes halogenated alkanes) is 1. The summed E-state index contributed by atoms with van der Waals surface area (Å²) in [6, 6.07) is 23.4. The molecule has 2 aliphatic rings. The summed E-state index contributed by atoms with van der Waals surface area (Å²) in [4.78, 5) is 48.0. The highest BCUT2D eigenvalue weighted by atomic mass is 16.6. The van der Waals surface area contributed by atoms with Crippen LogP contribution < -0.4 is 5.32 Å². The third kappa shape index (κ3) is 7.69. The zero-order valence-corrected chi connectivity index (χ0v) is 29.2. The van der Waals surface area contributed by atoms with Gasteiger partial charge in [-0.2, -0.15) is 0 Å². The molecule has 1 unspecified atom stereocenters. The normalized spacial score (nSPS) is 18.8. The van der Waals surface area contributed by atoms with E-state index in [0.717, 1.165) is 78.2 Å². The summed E-state index contributed by atoms with van der Waals surface area (Å²) in [5.74, 6) is -0.776. The van der Waals surface area contributed by atoms with Gasteiger partial charge in [0, 0.05) is 23.0 Å². The molecule has 1 aliphatic heterocycles. The summed E-state index contributed by atoms with van der Waals surface area (Å²) in [7, 11) is 0. The largest absolute Gasteiger partial charge is 0.464 e. The molecule has 2 amide bonds. The number of para-hydroxylation sites is 1. The first-order chi connectivity index (χ1) is 23.6. The van der Waals surface area contributed by atoms with Crippen molar-refractivity contribution >= 4 is 28.9 Å². The summed E-state index contributed by atoms with van der Waals surface area (Å²) in [6.45, 7) is 7.82. The minimum atomic E-state index is -1.05. The third-order valence-corrected chi connectivity index (χ3v) is 9.79. The van der Waals surface area contributed by atoms with Gasteiger partial charge in [0.15, 0.2) is 6.04 Å². The number of benzene rings is 3. The molecular formula is C41H49N3O5. The molecular weight excluding hydrogens is 614 g/mol. The number of carbonyl (C=O) groups excluding carboxylic acids is 3. The number of esters is 1. The van der Waals surface area contributed by atoms with E-state index >= 15 is 0 Å². The van der Waals surface area contributed by atoms with Crippen LogP contribution in [0, 0.1) is 5.92 Å². The van der Waals surface area contributed by atoms with Crippen LogP contribution >= 0.6 is 0 Å². The second kappa shape index (κ2) is 14.9. The summed E-state index contributed by atoms with van der Waals surface area (Å²) >= 11 is 0. The van der Waals surface area contributed by atoms with Gasteiger partial charge in [-0.25, -0.2) is 9.59 Å². The molecule has 0 radical (unpaired) electrons. The standard InChI is InChI=1S/C41H49N3O5/c1-5-6-25-48-39(46)35(29-23-21-28(22-24-29)27-15-9-7-10-16-27)43-38(45)34-26-32-31-19-13-14-20-33(31)42-36(32)37(30-17-11-8-12-18-30)44(34)40(47)49-41(2,3)4/h7,9-10,13-16,19-24,30,34-35,37,42H,5-6,8,11-12,17-18,25-26H2,1-4H3,(H,43,45)/t34-,35?,37+/m1/s1. The van der Waals surface area contributed by atoms with E-state index in [2.05, 4.69) is 16.4 Å². The molecule has 8 nitrogen and oxygen atoms in total. The lowest BCUT2D eigenvalue weighted by Crippen LogP contribution is -2.57. The monoisotopic (exact) mass is 663 g/mol. The lowest BCUT2D eigenvalue weighted by Gasteiger charge is -2.45. The van der Waals surface area contributed by atoms with Gasteiger partial charge in [0.2, 0.25) is 5.91 Å². The smallest absolute Gasteiger partial charge is 0.411 e. The van der Waals surface area contributed by atoms with E-state index in [-0.39, 0.29) is 25.0 Å². The minimum Gasteiger partial charge on any atom is -0.464 e. The van der Waals surface area contributed by atoms with E-state index in [0.29, 0.717) is 5.56 Å². The van der Waals surface area contributed by atoms with E-state index < -0.39 is 35.7 Å². The molecule has 3 atom stereocenters. The maximum absolute atomic E-state index is 14.7. The Kier molecular flexibility index (Phi) is 10.4. The Morgan fingerprint density at radius 2 is 1.57 bits per heavy atom. The molecule has 1 aliphatic carbocycles. The zero-order valence-electron chi connectivity index (χ0n) is 29.2. The van der Waals surface area contributed by atoms with Gasteiger partial charge in [-0.15, -0.1) is 0 Å². The van der Waals surface area contributed by atoms with E-state index in [1.807, 2.05) is 100 Å². The van der Waals surface area contributed by atoms with Crippen LogP contribution in [0.15, 0.2) is 78.9 Å². The molecule has 8 heteroatoms. The zero-order chi connectivity index (χ0) is 34.5. The maximum Gasteiger partial charge on any atom is 0.411 e. The topological polar surface area (TPSA) is 101 Å². The number of carbonyl (C=O) groups is 3. The van der Waals surface area contributed by atoms with Crippen LogP contribution in [0.3, 0.4) is 0 Å². The number of nitrogens with one attached hydrogen (secondary N) is 2. The van der Waals surface area contributed by atoms with Gasteiger partial charge in [-0.1, -0.05) is 105 Å². The van der Waals surface area contributed by atoms with Gasteiger partial charge in [0.25, 0.3) is 0 Å². The van der Waals surface area contributed by atoms with Gasteiger partial charge in [-0.05, 0) is 74.3 Å². The van der Waals surface area contributed by atoms with Crippen molar-refractivity contribution in [3.05, 3.63) is 95.7 Å². The minimum absolute atomic E-state index is 0.156. The van der Waals surface area contributed by atoms with Gasteiger partial charge in [-0.3, -0.25) is 9.69 Å². The molecule has 4 aromatic rings. The van der Waals surface area contributed by atoms with Crippen LogP contribution in [-0.4, -0.2) is 46.1 Å². The van der Waals surface area contributed by atoms with E-state index in [9.17, 15) is 14.4 Å². The van der Waals surface area contributed by atoms with Crippen molar-refractivity contribution in [2.24, 2.45) is 5.92 Å². The number of hydrogen-bond acceptors (Lipinski definition) is 5. The average Bonchev–Trinajstić information content (AvgIpc) is 3.48. The number of ether oxygens (including phenoxy) is 2. The van der Waals surface area contributed by atoms with Crippen LogP contribution in [0.5, 0.6) is 0 Å². The second-order valence-electron chi connectivity index (χ2n) is 14.5. The van der Waals surface area contributed by atoms with E-state index in [1.54, 1.807) is 4.90 Å². The van der Waals surface area contributed by atoms with Crippen molar-refractivity contribution < 1.29 is 23.9 Å². The molecule has 49 heavy (non-hydrogen) atoms. The van der Waals surface area contributed by atoms with Crippen LogP contribution in [0.4, 0.5) is 4.79 Å². The fraction of sp³-hybridized carbons (Fsp3) is 0.439. The van der Waals surface area contributed by atoms with E-state index in [4.69, 9.17) is 9.47 Å². The van der Waals surface area contributed by atoms with Crippen molar-refractivity contribution in [2.75, 3.05) is 6.61 Å². The predicted molar refractivity (Wildman–Crippen MR) is 192 cm³/mol. The molecule has 6 rings (SSSR count). The fourth-order valence-electron chi connectivity index (χ4n) is 7.42.